The molecule has 0 spiro atoms. The SMILES string of the molecule is CC(C)n1c(Cc2ccccc2)cnc1Cl. The van der Waals surface area contributed by atoms with Gasteiger partial charge in [0.15, 0.2) is 0 Å². The lowest BCUT2D eigenvalue weighted by Gasteiger charge is -2.12. The lowest BCUT2D eigenvalue weighted by atomic mass is 10.1. The second kappa shape index (κ2) is 4.71. The monoisotopic (exact) mass is 234 g/mol. The van der Waals surface area contributed by atoms with Crippen molar-refractivity contribution in [3.8, 4) is 0 Å². The van der Waals surface area contributed by atoms with Crippen molar-refractivity contribution in [3.63, 3.8) is 0 Å². The van der Waals surface area contributed by atoms with Crippen LogP contribution in [0.5, 0.6) is 0 Å². The summed E-state index contributed by atoms with van der Waals surface area (Å²) in [5.74, 6) is 0. The minimum Gasteiger partial charge on any atom is -0.316 e. The van der Waals surface area contributed by atoms with Gasteiger partial charge in [-0.25, -0.2) is 4.98 Å². The Balaban J connectivity index is 2.29. The highest BCUT2D eigenvalue weighted by molar-refractivity contribution is 6.28. The van der Waals surface area contributed by atoms with Crippen LogP contribution in [0.2, 0.25) is 5.28 Å². The summed E-state index contributed by atoms with van der Waals surface area (Å²) in [6, 6.07) is 10.7. The minimum absolute atomic E-state index is 0.341. The summed E-state index contributed by atoms with van der Waals surface area (Å²) in [7, 11) is 0. The smallest absolute Gasteiger partial charge is 0.203 e. The fraction of sp³-hybridized carbons (Fsp3) is 0.308. The molecule has 2 rings (SSSR count). The molecule has 0 bridgehead atoms. The Labute approximate surface area is 101 Å². The van der Waals surface area contributed by atoms with E-state index < -0.39 is 0 Å². The molecule has 16 heavy (non-hydrogen) atoms. The predicted octanol–water partition coefficient (Wildman–Crippen LogP) is 3.71. The summed E-state index contributed by atoms with van der Waals surface area (Å²) in [6.07, 6.45) is 2.73. The van der Waals surface area contributed by atoms with E-state index in [1.807, 2.05) is 24.4 Å². The van der Waals surface area contributed by atoms with E-state index in [-0.39, 0.29) is 0 Å². The Hall–Kier alpha value is -1.28. The topological polar surface area (TPSA) is 17.8 Å². The molecule has 0 fully saturated rings. The third kappa shape index (κ3) is 2.27. The molecule has 0 radical (unpaired) electrons. The molecular weight excluding hydrogens is 220 g/mol. The van der Waals surface area contributed by atoms with Gasteiger partial charge in [-0.1, -0.05) is 30.3 Å². The molecule has 0 aliphatic carbocycles. The van der Waals surface area contributed by atoms with Gasteiger partial charge in [0.05, 0.1) is 6.20 Å². The highest BCUT2D eigenvalue weighted by Gasteiger charge is 2.10. The Morgan fingerprint density at radius 1 is 1.25 bits per heavy atom. The summed E-state index contributed by atoms with van der Waals surface area (Å²) in [5, 5.41) is 0.570. The first-order chi connectivity index (χ1) is 7.68. The molecule has 0 saturated heterocycles. The maximum atomic E-state index is 6.06. The van der Waals surface area contributed by atoms with E-state index >= 15 is 0 Å². The van der Waals surface area contributed by atoms with E-state index in [2.05, 4.69) is 35.5 Å². The molecule has 0 N–H and O–H groups in total. The van der Waals surface area contributed by atoms with Crippen molar-refractivity contribution in [2.75, 3.05) is 0 Å². The van der Waals surface area contributed by atoms with Crippen LogP contribution < -0.4 is 0 Å². The van der Waals surface area contributed by atoms with Gasteiger partial charge in [-0.2, -0.15) is 0 Å². The van der Waals surface area contributed by atoms with Crippen LogP contribution in [-0.4, -0.2) is 9.55 Å². The molecule has 0 saturated carbocycles. The van der Waals surface area contributed by atoms with Crippen molar-refractivity contribution in [2.45, 2.75) is 26.3 Å². The molecule has 2 nitrogen and oxygen atoms in total. The molecule has 0 amide bonds. The van der Waals surface area contributed by atoms with Crippen LogP contribution in [0.1, 0.15) is 31.1 Å². The number of hydrogen-bond acceptors (Lipinski definition) is 1. The minimum atomic E-state index is 0.341. The quantitative estimate of drug-likeness (QED) is 0.792. The first kappa shape index (κ1) is 11.2. The standard InChI is InChI=1S/C13H15ClN2/c1-10(2)16-12(9-15-13(16)14)8-11-6-4-3-5-7-11/h3-7,9-10H,8H2,1-2H3. The third-order valence-corrected chi connectivity index (χ3v) is 2.85. The lowest BCUT2D eigenvalue weighted by molar-refractivity contribution is 0.580. The molecule has 0 aliphatic heterocycles. The van der Waals surface area contributed by atoms with Crippen molar-refractivity contribution in [1.29, 1.82) is 0 Å². The Morgan fingerprint density at radius 3 is 2.56 bits per heavy atom. The van der Waals surface area contributed by atoms with Crippen molar-refractivity contribution >= 4 is 11.6 Å². The number of rotatable bonds is 3. The number of aromatic nitrogens is 2. The summed E-state index contributed by atoms with van der Waals surface area (Å²) in [5.41, 5.74) is 2.44. The molecule has 0 atom stereocenters. The number of imidazole rings is 1. The first-order valence-electron chi connectivity index (χ1n) is 5.44. The van der Waals surface area contributed by atoms with Gasteiger partial charge in [0.2, 0.25) is 5.28 Å². The number of benzene rings is 1. The van der Waals surface area contributed by atoms with Gasteiger partial charge in [0, 0.05) is 18.2 Å². The van der Waals surface area contributed by atoms with Crippen LogP contribution in [0.15, 0.2) is 36.5 Å². The Morgan fingerprint density at radius 2 is 1.94 bits per heavy atom. The second-order valence-electron chi connectivity index (χ2n) is 4.14. The van der Waals surface area contributed by atoms with Crippen molar-refractivity contribution in [2.24, 2.45) is 0 Å². The largest absolute Gasteiger partial charge is 0.316 e. The second-order valence-corrected chi connectivity index (χ2v) is 4.48. The molecule has 1 heterocycles. The summed E-state index contributed by atoms with van der Waals surface area (Å²) >= 11 is 6.06. The highest BCUT2D eigenvalue weighted by Crippen LogP contribution is 2.20. The van der Waals surface area contributed by atoms with Gasteiger partial charge in [-0.3, -0.25) is 0 Å². The molecule has 1 aromatic heterocycles. The number of halogens is 1. The van der Waals surface area contributed by atoms with E-state index in [1.165, 1.54) is 5.56 Å². The fourth-order valence-electron chi connectivity index (χ4n) is 1.85. The zero-order chi connectivity index (χ0) is 11.5. The van der Waals surface area contributed by atoms with E-state index in [0.29, 0.717) is 11.3 Å². The zero-order valence-corrected chi connectivity index (χ0v) is 10.3. The van der Waals surface area contributed by atoms with E-state index in [4.69, 9.17) is 11.6 Å². The van der Waals surface area contributed by atoms with Gasteiger partial charge < -0.3 is 4.57 Å². The van der Waals surface area contributed by atoms with Crippen LogP contribution >= 0.6 is 11.6 Å². The zero-order valence-electron chi connectivity index (χ0n) is 9.52. The maximum absolute atomic E-state index is 6.06. The van der Waals surface area contributed by atoms with Gasteiger partial charge >= 0.3 is 0 Å². The van der Waals surface area contributed by atoms with Crippen LogP contribution in [0.25, 0.3) is 0 Å². The van der Waals surface area contributed by atoms with Gasteiger partial charge in [0.25, 0.3) is 0 Å². The van der Waals surface area contributed by atoms with Crippen LogP contribution in [0.4, 0.5) is 0 Å². The van der Waals surface area contributed by atoms with Gasteiger partial charge in [0.1, 0.15) is 0 Å². The maximum Gasteiger partial charge on any atom is 0.203 e. The van der Waals surface area contributed by atoms with Crippen molar-refractivity contribution < 1.29 is 0 Å². The normalized spacial score (nSPS) is 11.0. The number of nitrogens with zero attached hydrogens (tertiary/aromatic N) is 2. The summed E-state index contributed by atoms with van der Waals surface area (Å²) in [6.45, 7) is 4.23. The Bertz CT molecular complexity index is 460. The molecule has 84 valence electrons. The van der Waals surface area contributed by atoms with Gasteiger partial charge in [-0.15, -0.1) is 0 Å². The van der Waals surface area contributed by atoms with E-state index in [0.717, 1.165) is 12.1 Å². The van der Waals surface area contributed by atoms with Crippen LogP contribution in [0.3, 0.4) is 0 Å². The number of hydrogen-bond donors (Lipinski definition) is 0. The van der Waals surface area contributed by atoms with Gasteiger partial charge in [-0.05, 0) is 31.0 Å². The average Bonchev–Trinajstić information content (AvgIpc) is 2.61. The molecule has 2 aromatic rings. The summed E-state index contributed by atoms with van der Waals surface area (Å²) < 4.78 is 2.06. The first-order valence-corrected chi connectivity index (χ1v) is 5.82. The van der Waals surface area contributed by atoms with E-state index in [9.17, 15) is 0 Å². The fourth-order valence-corrected chi connectivity index (χ4v) is 2.20. The highest BCUT2D eigenvalue weighted by atomic mass is 35.5. The summed E-state index contributed by atoms with van der Waals surface area (Å²) in [4.78, 5) is 4.16. The van der Waals surface area contributed by atoms with Crippen LogP contribution in [-0.2, 0) is 6.42 Å². The molecule has 3 heteroatoms. The van der Waals surface area contributed by atoms with Crippen molar-refractivity contribution in [1.82, 2.24) is 9.55 Å². The van der Waals surface area contributed by atoms with Crippen molar-refractivity contribution in [3.05, 3.63) is 53.1 Å². The van der Waals surface area contributed by atoms with Crippen LogP contribution in [0, 0.1) is 0 Å². The van der Waals surface area contributed by atoms with E-state index in [1.54, 1.807) is 0 Å². The predicted molar refractivity (Wildman–Crippen MR) is 66.9 cm³/mol. The molecule has 0 aliphatic rings. The third-order valence-electron chi connectivity index (χ3n) is 2.57. The molecule has 0 unspecified atom stereocenters. The average molecular weight is 235 g/mol. The molecule has 1 aromatic carbocycles. The molecular formula is C13H15ClN2. The lowest BCUT2D eigenvalue weighted by Crippen LogP contribution is -2.06. The Kier molecular flexibility index (Phi) is 3.30.